The number of hydrogen-bond acceptors (Lipinski definition) is 4. The number of benzene rings is 2. The molecule has 9 nitrogen and oxygen atoms in total. The Hall–Kier alpha value is -5.11. The molecule has 0 aliphatic carbocycles. The second-order valence-corrected chi connectivity index (χ2v) is 10.8. The zero-order chi connectivity index (χ0) is 29.6. The van der Waals surface area contributed by atoms with Crippen LogP contribution in [0.2, 0.25) is 0 Å². The monoisotopic (exact) mass is 569 g/mol. The third-order valence-electron chi connectivity index (χ3n) is 8.28. The second kappa shape index (κ2) is 10.4. The van der Waals surface area contributed by atoms with Crippen molar-refractivity contribution >= 4 is 34.3 Å². The van der Waals surface area contributed by atoms with Crippen molar-refractivity contribution in [3.63, 3.8) is 0 Å². The SMILES string of the molecule is C#[N+][C@@H]1C[C@]2(CC(=O)Nc3ccccc32)CN1C(=O)[C@H](Cc1cccnc1)N(C)C(=O)c1cc2c(F)ccc(F)c2[nH]1. The van der Waals surface area contributed by atoms with Gasteiger partial charge in [0.15, 0.2) is 0 Å². The summed E-state index contributed by atoms with van der Waals surface area (Å²) in [6, 6.07) is 13.1. The predicted molar refractivity (Wildman–Crippen MR) is 152 cm³/mol. The molecule has 11 heteroatoms. The maximum atomic E-state index is 14.4. The number of carbonyl (C=O) groups excluding carboxylic acids is 3. The molecule has 0 radical (unpaired) electrons. The van der Waals surface area contributed by atoms with Crippen LogP contribution in [0.15, 0.2) is 67.0 Å². The maximum absolute atomic E-state index is 14.4. The average molecular weight is 570 g/mol. The lowest BCUT2D eigenvalue weighted by atomic mass is 9.73. The van der Waals surface area contributed by atoms with Crippen LogP contribution in [0.1, 0.15) is 34.5 Å². The Morgan fingerprint density at radius 1 is 1.19 bits per heavy atom. The van der Waals surface area contributed by atoms with E-state index in [1.165, 1.54) is 22.9 Å². The molecule has 1 spiro atoms. The van der Waals surface area contributed by atoms with Crippen LogP contribution in [0.4, 0.5) is 14.5 Å². The van der Waals surface area contributed by atoms with Crippen molar-refractivity contribution in [3.8, 4) is 6.57 Å². The summed E-state index contributed by atoms with van der Waals surface area (Å²) in [5, 5.41) is 2.82. The van der Waals surface area contributed by atoms with Crippen LogP contribution in [0.25, 0.3) is 15.7 Å². The number of nitrogens with zero attached hydrogens (tertiary/aromatic N) is 4. The molecule has 212 valence electrons. The molecule has 2 aromatic heterocycles. The number of fused-ring (bicyclic) bond motifs is 3. The second-order valence-electron chi connectivity index (χ2n) is 10.8. The Labute approximate surface area is 240 Å². The van der Waals surface area contributed by atoms with Gasteiger partial charge in [-0.1, -0.05) is 29.1 Å². The number of rotatable bonds is 5. The molecular formula is C31H27F2N6O3+. The first-order chi connectivity index (χ1) is 20.2. The third kappa shape index (κ3) is 4.55. The van der Waals surface area contributed by atoms with Crippen LogP contribution in [0.3, 0.4) is 0 Å². The van der Waals surface area contributed by atoms with Crippen LogP contribution in [-0.4, -0.2) is 63.3 Å². The molecule has 0 bridgehead atoms. The number of anilines is 1. The summed E-state index contributed by atoms with van der Waals surface area (Å²) in [5.74, 6) is -2.62. The molecule has 1 fully saturated rings. The van der Waals surface area contributed by atoms with Gasteiger partial charge in [-0.15, -0.1) is 0 Å². The quantitative estimate of drug-likeness (QED) is 0.374. The molecule has 2 aromatic carbocycles. The van der Waals surface area contributed by atoms with Crippen LogP contribution < -0.4 is 5.32 Å². The molecule has 2 N–H and O–H groups in total. The van der Waals surface area contributed by atoms with Gasteiger partial charge in [-0.05, 0) is 41.5 Å². The highest BCUT2D eigenvalue weighted by molar-refractivity contribution is 6.01. The summed E-state index contributed by atoms with van der Waals surface area (Å²) >= 11 is 0. The van der Waals surface area contributed by atoms with E-state index in [1.807, 2.05) is 24.3 Å². The van der Waals surface area contributed by atoms with E-state index in [4.69, 9.17) is 6.57 Å². The first-order valence-electron chi connectivity index (χ1n) is 13.4. The molecule has 2 aliphatic heterocycles. The minimum absolute atomic E-state index is 0.0698. The molecule has 3 amide bonds. The Kier molecular flexibility index (Phi) is 6.69. The fourth-order valence-corrected chi connectivity index (χ4v) is 6.21. The highest BCUT2D eigenvalue weighted by Gasteiger charge is 2.56. The molecular weight excluding hydrogens is 542 g/mol. The van der Waals surface area contributed by atoms with Crippen LogP contribution in [0, 0.1) is 18.2 Å². The van der Waals surface area contributed by atoms with E-state index in [-0.39, 0.29) is 41.9 Å². The van der Waals surface area contributed by atoms with Gasteiger partial charge < -0.3 is 15.2 Å². The van der Waals surface area contributed by atoms with E-state index in [0.717, 1.165) is 17.7 Å². The molecule has 1 saturated heterocycles. The van der Waals surface area contributed by atoms with Gasteiger partial charge in [0.25, 0.3) is 18.4 Å². The smallest absolute Gasteiger partial charge is 0.348 e. The number of pyridine rings is 1. The van der Waals surface area contributed by atoms with Crippen LogP contribution in [-0.2, 0) is 21.4 Å². The number of carbonyl (C=O) groups is 3. The third-order valence-corrected chi connectivity index (χ3v) is 8.28. The molecule has 2 aliphatic rings. The highest BCUT2D eigenvalue weighted by atomic mass is 19.1. The number of halogens is 2. The lowest BCUT2D eigenvalue weighted by Gasteiger charge is -2.35. The summed E-state index contributed by atoms with van der Waals surface area (Å²) in [4.78, 5) is 54.4. The molecule has 0 saturated carbocycles. The number of likely N-dealkylation sites (tertiary alicyclic amines) is 1. The number of H-pyrrole nitrogens is 1. The van der Waals surface area contributed by atoms with E-state index in [0.29, 0.717) is 17.7 Å². The average Bonchev–Trinajstić information content (AvgIpc) is 3.61. The zero-order valence-corrected chi connectivity index (χ0v) is 22.7. The van der Waals surface area contributed by atoms with Gasteiger partial charge >= 0.3 is 6.17 Å². The lowest BCUT2D eigenvalue weighted by Crippen LogP contribution is -2.52. The van der Waals surface area contributed by atoms with Crippen molar-refractivity contribution in [1.82, 2.24) is 19.8 Å². The zero-order valence-electron chi connectivity index (χ0n) is 22.7. The van der Waals surface area contributed by atoms with Crippen LogP contribution >= 0.6 is 0 Å². The van der Waals surface area contributed by atoms with E-state index in [1.54, 1.807) is 24.5 Å². The van der Waals surface area contributed by atoms with Crippen molar-refractivity contribution in [2.75, 3.05) is 18.9 Å². The van der Waals surface area contributed by atoms with Gasteiger partial charge in [0.1, 0.15) is 23.4 Å². The first-order valence-corrected chi connectivity index (χ1v) is 13.4. The molecule has 0 unspecified atom stereocenters. The van der Waals surface area contributed by atoms with Gasteiger partial charge in [-0.2, -0.15) is 0 Å². The molecule has 4 heterocycles. The predicted octanol–water partition coefficient (Wildman–Crippen LogP) is 4.33. The lowest BCUT2D eigenvalue weighted by molar-refractivity contribution is -0.136. The maximum Gasteiger partial charge on any atom is 0.350 e. The van der Waals surface area contributed by atoms with Gasteiger partial charge in [-0.3, -0.25) is 24.3 Å². The number of para-hydroxylation sites is 1. The molecule has 42 heavy (non-hydrogen) atoms. The topological polar surface area (TPSA) is 103 Å². The minimum Gasteiger partial charge on any atom is -0.348 e. The van der Waals surface area contributed by atoms with Crippen molar-refractivity contribution in [2.24, 2.45) is 0 Å². The standard InChI is InChI=1S/C31H26F2N6O3/c1-34-26-14-31(15-27(40)36-23-8-4-3-7-20(23)31)17-39(26)30(42)25(12-18-6-5-11-35-16-18)38(2)29(41)24-13-19-21(32)9-10-22(33)28(19)37-24/h1,3-11,13,16,25-26H,12,14-15,17H2,2H3,(H-,36,37,40,41)/p+1/t25-,26-,31-/m0/s1. The van der Waals surface area contributed by atoms with Crippen molar-refractivity contribution < 1.29 is 23.2 Å². The Morgan fingerprint density at radius 3 is 2.71 bits per heavy atom. The first kappa shape index (κ1) is 27.1. The van der Waals surface area contributed by atoms with Gasteiger partial charge in [0.2, 0.25) is 5.91 Å². The fourth-order valence-electron chi connectivity index (χ4n) is 6.21. The van der Waals surface area contributed by atoms with Crippen LogP contribution in [0.5, 0.6) is 0 Å². The minimum atomic E-state index is -1.05. The number of aromatic nitrogens is 2. The highest BCUT2D eigenvalue weighted by Crippen LogP contribution is 2.47. The molecule has 6 rings (SSSR count). The largest absolute Gasteiger partial charge is 0.350 e. The molecule has 3 atom stereocenters. The number of hydrogen-bond donors (Lipinski definition) is 2. The van der Waals surface area contributed by atoms with E-state index in [2.05, 4.69) is 20.1 Å². The molecule has 4 aromatic rings. The van der Waals surface area contributed by atoms with Gasteiger partial charge in [0.05, 0.1) is 11.9 Å². The Morgan fingerprint density at radius 2 is 1.98 bits per heavy atom. The normalized spacial score (nSPS) is 20.2. The Bertz CT molecular complexity index is 1730. The van der Waals surface area contributed by atoms with Crippen molar-refractivity contribution in [1.29, 1.82) is 0 Å². The summed E-state index contributed by atoms with van der Waals surface area (Å²) in [7, 11) is 1.46. The Balaban J connectivity index is 1.36. The summed E-state index contributed by atoms with van der Waals surface area (Å²) < 4.78 is 28.8. The number of likely N-dealkylation sites (N-methyl/N-ethyl adjacent to an activating group) is 1. The van der Waals surface area contributed by atoms with Crippen molar-refractivity contribution in [2.45, 2.75) is 36.9 Å². The van der Waals surface area contributed by atoms with Gasteiger partial charge in [0, 0.05) is 55.3 Å². The van der Waals surface area contributed by atoms with Crippen molar-refractivity contribution in [3.05, 3.63) is 100 Å². The fraction of sp³-hybridized carbons (Fsp3) is 0.258. The number of nitrogens with one attached hydrogen (secondary N) is 2. The summed E-state index contributed by atoms with van der Waals surface area (Å²) in [6.07, 6.45) is 3.04. The van der Waals surface area contributed by atoms with E-state index >= 15 is 0 Å². The van der Waals surface area contributed by atoms with E-state index < -0.39 is 41.1 Å². The number of aromatic amines is 1. The summed E-state index contributed by atoms with van der Waals surface area (Å²) in [6.45, 7) is 5.98. The summed E-state index contributed by atoms with van der Waals surface area (Å²) in [5.41, 5.74) is 1.34. The number of amides is 3. The van der Waals surface area contributed by atoms with Gasteiger partial charge in [-0.25, -0.2) is 8.78 Å². The van der Waals surface area contributed by atoms with E-state index in [9.17, 15) is 23.2 Å².